The molecule has 2 heterocycles. The van der Waals surface area contributed by atoms with Gasteiger partial charge < -0.3 is 14.9 Å². The van der Waals surface area contributed by atoms with Crippen LogP contribution in [0, 0.1) is 13.8 Å². The molecule has 0 saturated carbocycles. The second-order valence-corrected chi connectivity index (χ2v) is 14.4. The topological polar surface area (TPSA) is 35.9 Å². The van der Waals surface area contributed by atoms with E-state index in [1.807, 2.05) is 42.5 Å². The molecule has 0 spiro atoms. The van der Waals surface area contributed by atoms with Crippen LogP contribution >= 0.6 is 0 Å². The minimum Gasteiger partial charge on any atom is -0.405 e. The second-order valence-electron chi connectivity index (χ2n) is 14.4. The van der Waals surface area contributed by atoms with Gasteiger partial charge in [0.2, 0.25) is 0 Å². The molecule has 0 saturated heterocycles. The summed E-state index contributed by atoms with van der Waals surface area (Å²) in [7, 11) is 0. The lowest BCUT2D eigenvalue weighted by molar-refractivity contribution is 0.972. The molecule has 0 radical (unpaired) electrons. The molecule has 1 aliphatic carbocycles. The summed E-state index contributed by atoms with van der Waals surface area (Å²) in [5, 5.41) is 1.21. The van der Waals surface area contributed by atoms with Crippen molar-refractivity contribution in [2.24, 2.45) is 5.73 Å². The summed E-state index contributed by atoms with van der Waals surface area (Å²) in [5.41, 5.74) is 22.8. The zero-order valence-electron chi connectivity index (χ0n) is 32.6. The molecule has 2 aromatic heterocycles. The molecule has 57 heavy (non-hydrogen) atoms. The zero-order chi connectivity index (χ0) is 39.0. The van der Waals surface area contributed by atoms with Gasteiger partial charge in [0.05, 0.1) is 11.2 Å². The van der Waals surface area contributed by atoms with Crippen molar-refractivity contribution < 1.29 is 0 Å². The number of fused-ring (bicyclic) bond motifs is 2. The summed E-state index contributed by atoms with van der Waals surface area (Å²) in [6, 6.07) is 48.8. The van der Waals surface area contributed by atoms with Crippen molar-refractivity contribution in [2.45, 2.75) is 26.7 Å². The van der Waals surface area contributed by atoms with Crippen molar-refractivity contribution in [3.63, 3.8) is 0 Å². The van der Waals surface area contributed by atoms with Gasteiger partial charge in [-0.3, -0.25) is 0 Å². The van der Waals surface area contributed by atoms with Crippen LogP contribution in [0.2, 0.25) is 0 Å². The number of nitrogens with zero attached hydrogens (tertiary/aromatic N) is 2. The fourth-order valence-corrected chi connectivity index (χ4v) is 7.82. The molecule has 0 aliphatic heterocycles. The first-order valence-corrected chi connectivity index (χ1v) is 19.7. The van der Waals surface area contributed by atoms with E-state index in [0.29, 0.717) is 0 Å². The lowest BCUT2D eigenvalue weighted by atomic mass is 9.91. The number of aryl methyl sites for hydroxylation is 3. The molecule has 3 heteroatoms. The molecule has 8 rings (SSSR count). The molecule has 3 nitrogen and oxygen atoms in total. The summed E-state index contributed by atoms with van der Waals surface area (Å²) in [5.74, 6) is 0. The summed E-state index contributed by atoms with van der Waals surface area (Å²) < 4.78 is 4.85. The normalized spacial score (nSPS) is 13.4. The van der Waals surface area contributed by atoms with Gasteiger partial charge in [0.15, 0.2) is 0 Å². The molecule has 0 atom stereocenters. The number of benzene rings is 5. The molecule has 0 bridgehead atoms. The predicted molar refractivity (Wildman–Crippen MR) is 245 cm³/mol. The Bertz CT molecular complexity index is 2740. The Labute approximate surface area is 336 Å². The standard InChI is InChI=1S/C54H47N3/c1-40-21-18-19-27-50(40)51-39-49(33-28-41(51)2)57-52(42-22-13-11-14-23-42)38-46-32-30-44(37-54(46)57)43-29-31-45-35-48(56(53(45)36-43)47-24-16-12-17-25-47)26-15-9-7-5-3-4-6-8-10-20-34-55/h3-29,31,33-39H,30,32,55H2,1-2H3/b5-3+,6-4-,9-7-,10-8-,26-15-,34-20+. The van der Waals surface area contributed by atoms with Gasteiger partial charge in [-0.15, -0.1) is 0 Å². The highest BCUT2D eigenvalue weighted by atomic mass is 15.0. The van der Waals surface area contributed by atoms with Crippen LogP contribution in [-0.2, 0) is 6.42 Å². The van der Waals surface area contributed by atoms with Crippen LogP contribution in [0.25, 0.3) is 62.4 Å². The average molecular weight is 738 g/mol. The maximum absolute atomic E-state index is 5.37. The van der Waals surface area contributed by atoms with E-state index in [9.17, 15) is 0 Å². The summed E-state index contributed by atoms with van der Waals surface area (Å²) in [4.78, 5) is 0. The highest BCUT2D eigenvalue weighted by Crippen LogP contribution is 2.40. The lowest BCUT2D eigenvalue weighted by Gasteiger charge is -2.20. The summed E-state index contributed by atoms with van der Waals surface area (Å²) in [6.45, 7) is 4.42. The van der Waals surface area contributed by atoms with E-state index in [1.165, 1.54) is 78.7 Å². The van der Waals surface area contributed by atoms with Gasteiger partial charge >= 0.3 is 0 Å². The highest BCUT2D eigenvalue weighted by molar-refractivity contribution is 5.93. The van der Waals surface area contributed by atoms with Crippen LogP contribution in [0.3, 0.4) is 0 Å². The van der Waals surface area contributed by atoms with E-state index >= 15 is 0 Å². The van der Waals surface area contributed by atoms with Gasteiger partial charge in [-0.05, 0) is 138 Å². The van der Waals surface area contributed by atoms with Crippen LogP contribution in [0.5, 0.6) is 0 Å². The highest BCUT2D eigenvalue weighted by Gasteiger charge is 2.22. The first-order valence-electron chi connectivity index (χ1n) is 19.7. The van der Waals surface area contributed by atoms with Crippen LogP contribution in [0.1, 0.15) is 40.1 Å². The Kier molecular flexibility index (Phi) is 11.1. The Morgan fingerprint density at radius 3 is 1.91 bits per heavy atom. The van der Waals surface area contributed by atoms with Crippen molar-refractivity contribution >= 4 is 28.6 Å². The van der Waals surface area contributed by atoms with Gasteiger partial charge in [0.25, 0.3) is 0 Å². The number of aromatic nitrogens is 2. The smallest absolute Gasteiger partial charge is 0.0540 e. The molecule has 5 aromatic carbocycles. The van der Waals surface area contributed by atoms with Gasteiger partial charge in [-0.25, -0.2) is 0 Å². The molecular weight excluding hydrogens is 691 g/mol. The van der Waals surface area contributed by atoms with Crippen molar-refractivity contribution in [1.82, 2.24) is 9.13 Å². The minimum atomic E-state index is 0.979. The zero-order valence-corrected chi connectivity index (χ0v) is 32.6. The third-order valence-electron chi connectivity index (χ3n) is 10.7. The number of hydrogen-bond donors (Lipinski definition) is 1. The van der Waals surface area contributed by atoms with Gasteiger partial charge in [0, 0.05) is 28.1 Å². The third kappa shape index (κ3) is 8.01. The Balaban J connectivity index is 1.18. The van der Waals surface area contributed by atoms with Gasteiger partial charge in [-0.1, -0.05) is 146 Å². The monoisotopic (exact) mass is 737 g/mol. The number of allylic oxidation sites excluding steroid dienone is 11. The van der Waals surface area contributed by atoms with E-state index in [2.05, 4.69) is 181 Å². The van der Waals surface area contributed by atoms with E-state index in [4.69, 9.17) is 5.73 Å². The molecule has 1 aliphatic rings. The fraction of sp³-hybridized carbons (Fsp3) is 0.0741. The van der Waals surface area contributed by atoms with E-state index in [1.54, 1.807) is 6.08 Å². The Morgan fingerprint density at radius 1 is 0.509 bits per heavy atom. The third-order valence-corrected chi connectivity index (χ3v) is 10.7. The van der Waals surface area contributed by atoms with Crippen molar-refractivity contribution in [3.05, 3.63) is 234 Å². The minimum absolute atomic E-state index is 0.979. The molecule has 7 aromatic rings. The fourth-order valence-electron chi connectivity index (χ4n) is 7.82. The predicted octanol–water partition coefficient (Wildman–Crippen LogP) is 13.6. The van der Waals surface area contributed by atoms with Gasteiger partial charge in [0.1, 0.15) is 0 Å². The number of rotatable bonds is 11. The average Bonchev–Trinajstić information content (AvgIpc) is 3.82. The molecule has 2 N–H and O–H groups in total. The lowest BCUT2D eigenvalue weighted by Crippen LogP contribution is -2.05. The summed E-state index contributed by atoms with van der Waals surface area (Å²) >= 11 is 0. The number of para-hydroxylation sites is 1. The maximum Gasteiger partial charge on any atom is 0.0540 e. The van der Waals surface area contributed by atoms with E-state index in [0.717, 1.165) is 24.2 Å². The van der Waals surface area contributed by atoms with E-state index < -0.39 is 0 Å². The Morgan fingerprint density at radius 2 is 1.18 bits per heavy atom. The molecular formula is C54H47N3. The van der Waals surface area contributed by atoms with Crippen molar-refractivity contribution in [1.29, 1.82) is 0 Å². The maximum atomic E-state index is 5.37. The first kappa shape index (κ1) is 36.9. The Hall–Kier alpha value is -7.10. The van der Waals surface area contributed by atoms with Gasteiger partial charge in [-0.2, -0.15) is 0 Å². The quantitative estimate of drug-likeness (QED) is 0.132. The first-order chi connectivity index (χ1) is 28.1. The summed E-state index contributed by atoms with van der Waals surface area (Å²) in [6.07, 6.45) is 28.0. The number of hydrogen-bond acceptors (Lipinski definition) is 1. The largest absolute Gasteiger partial charge is 0.405 e. The van der Waals surface area contributed by atoms with Crippen LogP contribution in [0.4, 0.5) is 0 Å². The molecule has 0 amide bonds. The molecule has 0 fully saturated rings. The number of nitrogens with two attached hydrogens (primary N) is 1. The van der Waals surface area contributed by atoms with Crippen molar-refractivity contribution in [2.75, 3.05) is 0 Å². The second kappa shape index (κ2) is 17.1. The SMILES string of the molecule is Cc1ccccc1-c1cc(-n2c(-c3ccccc3)cc3c2C=C(c2ccc4cc(\C=C/C=C\C=C\C=C/C=C\C=C\N)n(-c5ccccc5)c4c2)CC3)ccc1C. The molecule has 0 unspecified atom stereocenters. The van der Waals surface area contributed by atoms with Crippen LogP contribution < -0.4 is 5.73 Å². The molecule has 278 valence electrons. The van der Waals surface area contributed by atoms with Crippen LogP contribution in [-0.4, -0.2) is 9.13 Å². The van der Waals surface area contributed by atoms with E-state index in [-0.39, 0.29) is 0 Å². The van der Waals surface area contributed by atoms with Crippen LogP contribution in [0.15, 0.2) is 200 Å². The van der Waals surface area contributed by atoms with Crippen molar-refractivity contribution in [3.8, 4) is 33.8 Å².